The second-order valence-corrected chi connectivity index (χ2v) is 9.24. The molecular weight excluding hydrogens is 420 g/mol. The number of carbonyl (C=O) groups is 1. The van der Waals surface area contributed by atoms with Gasteiger partial charge >= 0.3 is 0 Å². The third kappa shape index (κ3) is 3.67. The number of fused-ring (bicyclic) bond motifs is 1. The standard InChI is InChI=1S/C21H22N4O3S2/c1-24-20(17-12-27-15-7-2-3-8-16(15)28-17)22-23-21(24)30-13-19(26)25-10-4-6-14(25)18-9-5-11-29-18/h2-3,5,7-9,11,14,17H,4,6,10,12-13H2,1H3/t14-,17-/m0/s1. The molecular formula is C21H22N4O3S2. The van der Waals surface area contributed by atoms with Gasteiger partial charge in [-0.3, -0.25) is 4.79 Å². The van der Waals surface area contributed by atoms with E-state index in [4.69, 9.17) is 9.47 Å². The van der Waals surface area contributed by atoms with Crippen LogP contribution in [-0.2, 0) is 11.8 Å². The molecule has 1 amide bonds. The number of rotatable bonds is 5. The van der Waals surface area contributed by atoms with Crippen LogP contribution >= 0.6 is 23.1 Å². The lowest BCUT2D eigenvalue weighted by Crippen LogP contribution is -2.31. The summed E-state index contributed by atoms with van der Waals surface area (Å²) in [6.45, 7) is 1.20. The second kappa shape index (κ2) is 8.31. The number of thioether (sulfide) groups is 1. The number of benzene rings is 1. The third-order valence-electron chi connectivity index (χ3n) is 5.43. The van der Waals surface area contributed by atoms with Crippen LogP contribution in [0.5, 0.6) is 11.5 Å². The molecule has 1 aromatic carbocycles. The first-order valence-electron chi connectivity index (χ1n) is 9.94. The van der Waals surface area contributed by atoms with E-state index in [1.54, 1.807) is 11.3 Å². The van der Waals surface area contributed by atoms with E-state index in [0.29, 0.717) is 29.1 Å². The summed E-state index contributed by atoms with van der Waals surface area (Å²) < 4.78 is 13.7. The van der Waals surface area contributed by atoms with E-state index in [1.807, 2.05) is 46.8 Å². The van der Waals surface area contributed by atoms with E-state index in [-0.39, 0.29) is 18.1 Å². The van der Waals surface area contributed by atoms with Crippen LogP contribution in [0.25, 0.3) is 0 Å². The lowest BCUT2D eigenvalue weighted by atomic mass is 10.2. The topological polar surface area (TPSA) is 69.5 Å². The molecule has 0 aliphatic carbocycles. The van der Waals surface area contributed by atoms with Crippen LogP contribution in [-0.4, -0.2) is 44.5 Å². The first kappa shape index (κ1) is 19.4. The van der Waals surface area contributed by atoms with Gasteiger partial charge in [-0.1, -0.05) is 30.0 Å². The van der Waals surface area contributed by atoms with Crippen molar-refractivity contribution in [2.75, 3.05) is 18.9 Å². The van der Waals surface area contributed by atoms with E-state index in [1.165, 1.54) is 16.6 Å². The molecule has 2 aliphatic rings. The zero-order chi connectivity index (χ0) is 20.5. The minimum atomic E-state index is -0.329. The summed E-state index contributed by atoms with van der Waals surface area (Å²) in [5.74, 6) is 2.62. The Kier molecular flexibility index (Phi) is 5.39. The van der Waals surface area contributed by atoms with Crippen molar-refractivity contribution in [3.63, 3.8) is 0 Å². The summed E-state index contributed by atoms with van der Waals surface area (Å²) in [6, 6.07) is 12.0. The molecule has 0 spiro atoms. The fraction of sp³-hybridized carbons (Fsp3) is 0.381. The van der Waals surface area contributed by atoms with Gasteiger partial charge in [-0.2, -0.15) is 0 Å². The van der Waals surface area contributed by atoms with Gasteiger partial charge in [0.2, 0.25) is 5.91 Å². The molecule has 1 saturated heterocycles. The Labute approximate surface area is 183 Å². The van der Waals surface area contributed by atoms with Gasteiger partial charge in [-0.15, -0.1) is 21.5 Å². The predicted octanol–water partition coefficient (Wildman–Crippen LogP) is 3.84. The van der Waals surface area contributed by atoms with Crippen LogP contribution in [0.2, 0.25) is 0 Å². The largest absolute Gasteiger partial charge is 0.485 e. The van der Waals surface area contributed by atoms with Gasteiger partial charge in [0, 0.05) is 18.5 Å². The number of hydrogen-bond donors (Lipinski definition) is 0. The van der Waals surface area contributed by atoms with Gasteiger partial charge in [-0.25, -0.2) is 0 Å². The van der Waals surface area contributed by atoms with Gasteiger partial charge in [0.05, 0.1) is 11.8 Å². The molecule has 0 radical (unpaired) electrons. The van der Waals surface area contributed by atoms with Crippen molar-refractivity contribution >= 4 is 29.0 Å². The Bertz CT molecular complexity index is 1040. The van der Waals surface area contributed by atoms with E-state index in [0.717, 1.165) is 25.1 Å². The minimum absolute atomic E-state index is 0.145. The molecule has 0 bridgehead atoms. The molecule has 0 unspecified atom stereocenters. The zero-order valence-electron chi connectivity index (χ0n) is 16.6. The van der Waals surface area contributed by atoms with Crippen LogP contribution in [0.15, 0.2) is 46.9 Å². The highest BCUT2D eigenvalue weighted by molar-refractivity contribution is 7.99. The first-order chi connectivity index (χ1) is 14.7. The summed E-state index contributed by atoms with van der Waals surface area (Å²) in [5, 5.41) is 11.4. The Morgan fingerprint density at radius 2 is 2.10 bits per heavy atom. The Hall–Kier alpha value is -2.52. The van der Waals surface area contributed by atoms with Gasteiger partial charge in [0.25, 0.3) is 0 Å². The molecule has 4 heterocycles. The van der Waals surface area contributed by atoms with Crippen molar-refractivity contribution in [3.8, 4) is 11.5 Å². The number of aromatic nitrogens is 3. The molecule has 5 rings (SSSR count). The van der Waals surface area contributed by atoms with Crippen molar-refractivity contribution in [1.82, 2.24) is 19.7 Å². The fourth-order valence-corrected chi connectivity index (χ4v) is 5.61. The predicted molar refractivity (Wildman–Crippen MR) is 115 cm³/mol. The number of amides is 1. The van der Waals surface area contributed by atoms with Crippen LogP contribution in [0.3, 0.4) is 0 Å². The summed E-state index contributed by atoms with van der Waals surface area (Å²) in [4.78, 5) is 16.2. The average molecular weight is 443 g/mol. The molecule has 3 aromatic rings. The monoisotopic (exact) mass is 442 g/mol. The smallest absolute Gasteiger partial charge is 0.233 e. The number of para-hydroxylation sites is 2. The SMILES string of the molecule is Cn1c(SCC(=O)N2CCC[C@H]2c2cccs2)nnc1[C@@H]1COc2ccccc2O1. The first-order valence-corrected chi connectivity index (χ1v) is 11.8. The highest BCUT2D eigenvalue weighted by Gasteiger charge is 2.31. The van der Waals surface area contributed by atoms with E-state index in [9.17, 15) is 4.79 Å². The van der Waals surface area contributed by atoms with Gasteiger partial charge < -0.3 is 18.9 Å². The van der Waals surface area contributed by atoms with Crippen molar-refractivity contribution in [3.05, 3.63) is 52.5 Å². The van der Waals surface area contributed by atoms with Crippen molar-refractivity contribution < 1.29 is 14.3 Å². The van der Waals surface area contributed by atoms with Crippen LogP contribution in [0.4, 0.5) is 0 Å². The van der Waals surface area contributed by atoms with Crippen molar-refractivity contribution in [1.29, 1.82) is 0 Å². The molecule has 9 heteroatoms. The van der Waals surface area contributed by atoms with Gasteiger partial charge in [0.15, 0.2) is 28.6 Å². The number of thiophene rings is 1. The lowest BCUT2D eigenvalue weighted by Gasteiger charge is -2.25. The average Bonchev–Trinajstić information content (AvgIpc) is 3.52. The van der Waals surface area contributed by atoms with E-state index < -0.39 is 0 Å². The van der Waals surface area contributed by atoms with Gasteiger partial charge in [0.1, 0.15) is 6.61 Å². The van der Waals surface area contributed by atoms with E-state index >= 15 is 0 Å². The van der Waals surface area contributed by atoms with Crippen LogP contribution < -0.4 is 9.47 Å². The molecule has 30 heavy (non-hydrogen) atoms. The summed E-state index contributed by atoms with van der Waals surface area (Å²) in [6.07, 6.45) is 1.75. The summed E-state index contributed by atoms with van der Waals surface area (Å²) >= 11 is 3.14. The maximum absolute atomic E-state index is 12.9. The molecule has 0 N–H and O–H groups in total. The zero-order valence-corrected chi connectivity index (χ0v) is 18.2. The van der Waals surface area contributed by atoms with Crippen LogP contribution in [0.1, 0.15) is 35.7 Å². The Morgan fingerprint density at radius 1 is 1.23 bits per heavy atom. The molecule has 2 atom stereocenters. The molecule has 7 nitrogen and oxygen atoms in total. The van der Waals surface area contributed by atoms with Gasteiger partial charge in [-0.05, 0) is 36.4 Å². The van der Waals surface area contributed by atoms with Crippen molar-refractivity contribution in [2.45, 2.75) is 30.1 Å². The molecule has 2 aliphatic heterocycles. The maximum atomic E-state index is 12.9. The number of ether oxygens (including phenoxy) is 2. The molecule has 0 saturated carbocycles. The minimum Gasteiger partial charge on any atom is -0.485 e. The fourth-order valence-electron chi connectivity index (χ4n) is 3.93. The summed E-state index contributed by atoms with van der Waals surface area (Å²) in [5.41, 5.74) is 0. The highest BCUT2D eigenvalue weighted by Crippen LogP contribution is 2.37. The van der Waals surface area contributed by atoms with E-state index in [2.05, 4.69) is 21.6 Å². The second-order valence-electron chi connectivity index (χ2n) is 7.31. The normalized spacial score (nSPS) is 20.5. The number of nitrogens with zero attached hydrogens (tertiary/aromatic N) is 4. The molecule has 1 fully saturated rings. The summed E-state index contributed by atoms with van der Waals surface area (Å²) in [7, 11) is 1.90. The highest BCUT2D eigenvalue weighted by atomic mass is 32.2. The third-order valence-corrected chi connectivity index (χ3v) is 7.41. The quantitative estimate of drug-likeness (QED) is 0.559. The maximum Gasteiger partial charge on any atom is 0.233 e. The molecule has 2 aromatic heterocycles. The Morgan fingerprint density at radius 3 is 2.93 bits per heavy atom. The van der Waals surface area contributed by atoms with Crippen molar-refractivity contribution in [2.24, 2.45) is 7.05 Å². The molecule has 156 valence electrons. The number of hydrogen-bond acceptors (Lipinski definition) is 7. The Balaban J connectivity index is 1.24. The lowest BCUT2D eigenvalue weighted by molar-refractivity contribution is -0.129. The number of carbonyl (C=O) groups excluding carboxylic acids is 1. The number of likely N-dealkylation sites (tertiary alicyclic amines) is 1. The van der Waals surface area contributed by atoms with Crippen LogP contribution in [0, 0.1) is 0 Å².